The summed E-state index contributed by atoms with van der Waals surface area (Å²) in [6.45, 7) is 6.43. The minimum Gasteiger partial charge on any atom is -0.399 e. The smallest absolute Gasteiger partial charge is 0.399 e. The van der Waals surface area contributed by atoms with Crippen molar-refractivity contribution in [2.24, 2.45) is 0 Å². The summed E-state index contributed by atoms with van der Waals surface area (Å²) >= 11 is 0. The number of aryl methyl sites for hydroxylation is 1. The molecule has 1 atom stereocenters. The van der Waals surface area contributed by atoms with Gasteiger partial charge >= 0.3 is 6.18 Å². The Hall–Kier alpha value is -3.86. The summed E-state index contributed by atoms with van der Waals surface area (Å²) in [5, 5.41) is 7.74. The first-order valence-electron chi connectivity index (χ1n) is 11.6. The van der Waals surface area contributed by atoms with Crippen molar-refractivity contribution in [3.05, 3.63) is 65.7 Å². The number of morpholine rings is 1. The van der Waals surface area contributed by atoms with Gasteiger partial charge in [0.15, 0.2) is 5.82 Å². The van der Waals surface area contributed by atoms with Gasteiger partial charge in [0, 0.05) is 36.7 Å². The van der Waals surface area contributed by atoms with Crippen LogP contribution in [0.3, 0.4) is 0 Å². The second-order valence-corrected chi connectivity index (χ2v) is 8.82. The van der Waals surface area contributed by atoms with Crippen LogP contribution in [0.25, 0.3) is 16.6 Å². The number of hydrogen-bond donors (Lipinski definition) is 2. The number of nitrogens with two attached hydrogens (primary N) is 1. The monoisotopic (exact) mass is 497 g/mol. The molecule has 1 aromatic carbocycles. The molecule has 8 nitrogen and oxygen atoms in total. The number of halogens is 3. The van der Waals surface area contributed by atoms with Crippen LogP contribution in [0.1, 0.15) is 29.9 Å². The maximum absolute atomic E-state index is 13.3. The average molecular weight is 498 g/mol. The summed E-state index contributed by atoms with van der Waals surface area (Å²) in [4.78, 5) is 11.2. The van der Waals surface area contributed by atoms with Gasteiger partial charge in [0.05, 0.1) is 24.8 Å². The third-order valence-corrected chi connectivity index (χ3v) is 6.14. The van der Waals surface area contributed by atoms with Gasteiger partial charge in [0.25, 0.3) is 0 Å². The molecule has 0 spiro atoms. The summed E-state index contributed by atoms with van der Waals surface area (Å²) in [5.41, 5.74) is 8.04. The van der Waals surface area contributed by atoms with Crippen molar-refractivity contribution in [3.63, 3.8) is 0 Å². The molecule has 0 amide bonds. The summed E-state index contributed by atoms with van der Waals surface area (Å²) in [5.74, 6) is 1.91. The zero-order chi connectivity index (χ0) is 25.4. The Bertz CT molecular complexity index is 1400. The average Bonchev–Trinajstić information content (AvgIpc) is 3.28. The van der Waals surface area contributed by atoms with Crippen molar-refractivity contribution < 1.29 is 17.9 Å². The van der Waals surface area contributed by atoms with E-state index in [1.807, 2.05) is 24.4 Å². The minimum atomic E-state index is -4.48. The third-order valence-electron chi connectivity index (χ3n) is 6.14. The number of rotatable bonds is 5. The molecule has 0 bridgehead atoms. The number of nitrogens with zero attached hydrogens (tertiary/aromatic N) is 5. The van der Waals surface area contributed by atoms with E-state index in [9.17, 15) is 13.2 Å². The molecule has 3 N–H and O–H groups in total. The van der Waals surface area contributed by atoms with Gasteiger partial charge in [0.1, 0.15) is 17.2 Å². The van der Waals surface area contributed by atoms with Crippen LogP contribution < -0.4 is 16.0 Å². The van der Waals surface area contributed by atoms with Gasteiger partial charge in [-0.25, -0.2) is 14.5 Å². The fourth-order valence-corrected chi connectivity index (χ4v) is 4.32. The highest BCUT2D eigenvalue weighted by molar-refractivity contribution is 5.78. The highest BCUT2D eigenvalue weighted by Crippen LogP contribution is 2.34. The molecule has 4 heterocycles. The van der Waals surface area contributed by atoms with Crippen molar-refractivity contribution in [2.75, 3.05) is 42.3 Å². The maximum Gasteiger partial charge on any atom is 0.416 e. The van der Waals surface area contributed by atoms with Crippen molar-refractivity contribution in [3.8, 4) is 11.1 Å². The van der Waals surface area contributed by atoms with Crippen molar-refractivity contribution in [2.45, 2.75) is 26.1 Å². The molecule has 3 aromatic heterocycles. The van der Waals surface area contributed by atoms with Crippen molar-refractivity contribution >= 4 is 22.8 Å². The first kappa shape index (κ1) is 23.9. The zero-order valence-corrected chi connectivity index (χ0v) is 19.9. The van der Waals surface area contributed by atoms with Crippen LogP contribution in [0.5, 0.6) is 0 Å². The van der Waals surface area contributed by atoms with E-state index in [0.29, 0.717) is 35.9 Å². The number of nitrogens with one attached hydrogen (secondary N) is 1. The molecule has 188 valence electrons. The Kier molecular flexibility index (Phi) is 6.17. The number of ether oxygens (including phenoxy) is 1. The lowest BCUT2D eigenvalue weighted by atomic mass is 10.0. The molecule has 1 unspecified atom stereocenters. The second-order valence-electron chi connectivity index (χ2n) is 8.82. The SMILES string of the molecule is Cc1nc(NC(C)c2cc(N)cc(C(F)(F)F)c2)c2cc(-c3ccnc(N4CCOCC4)c3)cn2n1. The first-order valence-corrected chi connectivity index (χ1v) is 11.6. The van der Waals surface area contributed by atoms with E-state index in [2.05, 4.69) is 25.3 Å². The highest BCUT2D eigenvalue weighted by Gasteiger charge is 2.31. The maximum atomic E-state index is 13.3. The van der Waals surface area contributed by atoms with Crippen LogP contribution in [0.4, 0.5) is 30.5 Å². The van der Waals surface area contributed by atoms with Gasteiger partial charge in [-0.1, -0.05) is 0 Å². The van der Waals surface area contributed by atoms with Gasteiger partial charge in [-0.3, -0.25) is 0 Å². The molecule has 1 saturated heterocycles. The molecule has 11 heteroatoms. The van der Waals surface area contributed by atoms with E-state index >= 15 is 0 Å². The number of hydrogen-bond acceptors (Lipinski definition) is 7. The van der Waals surface area contributed by atoms with Crippen molar-refractivity contribution in [1.82, 2.24) is 19.6 Å². The summed E-state index contributed by atoms with van der Waals surface area (Å²) in [6, 6.07) is 9.00. The van der Waals surface area contributed by atoms with Crippen LogP contribution in [0.15, 0.2) is 48.8 Å². The summed E-state index contributed by atoms with van der Waals surface area (Å²) in [6.07, 6.45) is -0.803. The van der Waals surface area contributed by atoms with Gasteiger partial charge < -0.3 is 20.7 Å². The molecular formula is C25H26F3N7O. The molecule has 0 aliphatic carbocycles. The quantitative estimate of drug-likeness (QED) is 0.386. The lowest BCUT2D eigenvalue weighted by Gasteiger charge is -2.27. The Morgan fingerprint density at radius 2 is 1.86 bits per heavy atom. The molecule has 5 rings (SSSR count). The number of anilines is 3. The molecule has 1 aliphatic heterocycles. The van der Waals surface area contributed by atoms with Gasteiger partial charge in [-0.05, 0) is 61.4 Å². The first-order chi connectivity index (χ1) is 17.2. The molecule has 0 saturated carbocycles. The van der Waals surface area contributed by atoms with Crippen molar-refractivity contribution in [1.29, 1.82) is 0 Å². The van der Waals surface area contributed by atoms with Crippen LogP contribution in [-0.2, 0) is 10.9 Å². The fourth-order valence-electron chi connectivity index (χ4n) is 4.32. The standard InChI is InChI=1S/C25H26F3N7O/c1-15(18-9-20(25(26,27)28)13-21(29)10-18)31-24-22-11-19(14-35(22)33-16(2)32-24)17-3-4-30-23(12-17)34-5-7-36-8-6-34/h3-4,9-15H,5-8,29H2,1-2H3,(H,31,32,33). The molecule has 0 radical (unpaired) electrons. The van der Waals surface area contributed by atoms with Crippen LogP contribution in [0.2, 0.25) is 0 Å². The van der Waals surface area contributed by atoms with E-state index < -0.39 is 17.8 Å². The minimum absolute atomic E-state index is 0.0521. The number of nitrogen functional groups attached to an aromatic ring is 1. The number of alkyl halides is 3. The predicted octanol–water partition coefficient (Wildman–Crippen LogP) is 4.71. The van der Waals surface area contributed by atoms with E-state index in [4.69, 9.17) is 10.5 Å². The number of fused-ring (bicyclic) bond motifs is 1. The van der Waals surface area contributed by atoms with E-state index in [0.717, 1.165) is 42.2 Å². The molecule has 1 aliphatic rings. The van der Waals surface area contributed by atoms with Crippen LogP contribution in [-0.4, -0.2) is 45.9 Å². The second kappa shape index (κ2) is 9.30. The number of pyridine rings is 1. The molecule has 4 aromatic rings. The Balaban J connectivity index is 1.47. The Morgan fingerprint density at radius 3 is 2.61 bits per heavy atom. The lowest BCUT2D eigenvalue weighted by Crippen LogP contribution is -2.36. The Morgan fingerprint density at radius 1 is 1.08 bits per heavy atom. The van der Waals surface area contributed by atoms with Crippen LogP contribution >= 0.6 is 0 Å². The molecule has 36 heavy (non-hydrogen) atoms. The number of benzene rings is 1. The van der Waals surface area contributed by atoms with E-state index in [-0.39, 0.29) is 5.69 Å². The fraction of sp³-hybridized carbons (Fsp3) is 0.320. The Labute approximate surface area is 205 Å². The lowest BCUT2D eigenvalue weighted by molar-refractivity contribution is -0.137. The highest BCUT2D eigenvalue weighted by atomic mass is 19.4. The third kappa shape index (κ3) is 4.92. The number of aromatic nitrogens is 4. The summed E-state index contributed by atoms with van der Waals surface area (Å²) in [7, 11) is 0. The van der Waals surface area contributed by atoms with Gasteiger partial charge in [-0.15, -0.1) is 0 Å². The van der Waals surface area contributed by atoms with E-state index in [1.165, 1.54) is 6.07 Å². The summed E-state index contributed by atoms with van der Waals surface area (Å²) < 4.78 is 47.1. The predicted molar refractivity (Wildman–Crippen MR) is 132 cm³/mol. The largest absolute Gasteiger partial charge is 0.416 e. The molecule has 1 fully saturated rings. The van der Waals surface area contributed by atoms with Crippen LogP contribution in [0, 0.1) is 6.92 Å². The molecular weight excluding hydrogens is 471 g/mol. The van der Waals surface area contributed by atoms with E-state index in [1.54, 1.807) is 24.6 Å². The van der Waals surface area contributed by atoms with Gasteiger partial charge in [0.2, 0.25) is 0 Å². The topological polar surface area (TPSA) is 93.6 Å². The van der Waals surface area contributed by atoms with Gasteiger partial charge in [-0.2, -0.15) is 18.3 Å². The zero-order valence-electron chi connectivity index (χ0n) is 19.9. The normalized spacial score (nSPS) is 15.3.